The molecule has 7 heteroatoms. The molecule has 2 heterocycles. The Labute approximate surface area is 176 Å². The van der Waals surface area contributed by atoms with Gasteiger partial charge in [0.25, 0.3) is 5.91 Å². The first-order chi connectivity index (χ1) is 14.3. The summed E-state index contributed by atoms with van der Waals surface area (Å²) in [6.45, 7) is 8.13. The zero-order valence-corrected chi connectivity index (χ0v) is 18.0. The largest absolute Gasteiger partial charge is 0.350 e. The Morgan fingerprint density at radius 1 is 1.23 bits per heavy atom. The van der Waals surface area contributed by atoms with Crippen molar-refractivity contribution < 1.29 is 14.0 Å². The minimum atomic E-state index is -0.317. The lowest BCUT2D eigenvalue weighted by Crippen LogP contribution is -2.58. The Morgan fingerprint density at radius 3 is 2.73 bits per heavy atom. The summed E-state index contributed by atoms with van der Waals surface area (Å²) in [5.41, 5.74) is 2.00. The number of halogens is 1. The molecule has 2 aromatic rings. The summed E-state index contributed by atoms with van der Waals surface area (Å²) in [6.07, 6.45) is 4.05. The van der Waals surface area contributed by atoms with Gasteiger partial charge in [-0.2, -0.15) is 0 Å². The fourth-order valence-electron chi connectivity index (χ4n) is 5.11. The highest BCUT2D eigenvalue weighted by Crippen LogP contribution is 2.27. The van der Waals surface area contributed by atoms with Gasteiger partial charge in [0, 0.05) is 50.1 Å². The number of aryl methyl sites for hydroxylation is 1. The fraction of sp³-hybridized carbons (Fsp3) is 0.565. The van der Waals surface area contributed by atoms with Crippen LogP contribution in [0.25, 0.3) is 10.9 Å². The summed E-state index contributed by atoms with van der Waals surface area (Å²) in [5.74, 6) is -0.354. The third-order valence-corrected chi connectivity index (χ3v) is 6.77. The number of aromatic amines is 1. The van der Waals surface area contributed by atoms with E-state index in [1.807, 2.05) is 11.8 Å². The molecule has 3 atom stereocenters. The molecular formula is C23H31FN4O2. The molecule has 1 saturated carbocycles. The van der Waals surface area contributed by atoms with E-state index in [2.05, 4.69) is 22.1 Å². The second-order valence-corrected chi connectivity index (χ2v) is 8.88. The monoisotopic (exact) mass is 414 g/mol. The van der Waals surface area contributed by atoms with Crippen molar-refractivity contribution in [1.82, 2.24) is 20.1 Å². The predicted molar refractivity (Wildman–Crippen MR) is 115 cm³/mol. The molecule has 2 aliphatic rings. The van der Waals surface area contributed by atoms with Crippen LogP contribution < -0.4 is 5.32 Å². The van der Waals surface area contributed by atoms with Crippen LogP contribution in [0, 0.1) is 12.7 Å². The lowest BCUT2D eigenvalue weighted by Gasteiger charge is -2.46. The number of piperazine rings is 1. The van der Waals surface area contributed by atoms with Gasteiger partial charge in [-0.1, -0.05) is 6.07 Å². The molecule has 1 unspecified atom stereocenters. The molecule has 1 aromatic heterocycles. The number of aromatic nitrogens is 1. The van der Waals surface area contributed by atoms with E-state index < -0.39 is 0 Å². The summed E-state index contributed by atoms with van der Waals surface area (Å²) >= 11 is 0. The smallest absolute Gasteiger partial charge is 0.267 e. The highest BCUT2D eigenvalue weighted by atomic mass is 19.1. The van der Waals surface area contributed by atoms with Gasteiger partial charge >= 0.3 is 0 Å². The van der Waals surface area contributed by atoms with Crippen molar-refractivity contribution in [1.29, 1.82) is 0 Å². The molecule has 2 amide bonds. The summed E-state index contributed by atoms with van der Waals surface area (Å²) in [5, 5.41) is 3.62. The molecule has 1 aliphatic carbocycles. The topological polar surface area (TPSA) is 68.4 Å². The van der Waals surface area contributed by atoms with Crippen LogP contribution >= 0.6 is 0 Å². The van der Waals surface area contributed by atoms with Crippen molar-refractivity contribution in [3.63, 3.8) is 0 Å². The number of benzene rings is 1. The number of rotatable bonds is 3. The number of hydrogen-bond acceptors (Lipinski definition) is 3. The molecule has 0 radical (unpaired) electrons. The summed E-state index contributed by atoms with van der Waals surface area (Å²) in [4.78, 5) is 32.0. The molecule has 2 fully saturated rings. The minimum absolute atomic E-state index is 0.103. The third-order valence-electron chi connectivity index (χ3n) is 6.77. The standard InChI is InChI=1S/C23H31FN4O2/c1-14-7-8-20(24)19-12-21(26-22(14)19)23(30)25-17-5-4-6-18(11-17)28-10-9-27(16(3)29)13-15(28)2/h7-8,12,15,17-18,26H,4-6,9-11,13H2,1-3H3,(H,25,30)/t15?,17-,18-/m1/s1. The fourth-order valence-corrected chi connectivity index (χ4v) is 5.11. The van der Waals surface area contributed by atoms with E-state index in [0.29, 0.717) is 28.7 Å². The summed E-state index contributed by atoms with van der Waals surface area (Å²) in [6, 6.07) is 5.60. The van der Waals surface area contributed by atoms with E-state index in [0.717, 1.165) is 50.9 Å². The highest BCUT2D eigenvalue weighted by Gasteiger charge is 2.34. The maximum absolute atomic E-state index is 14.1. The van der Waals surface area contributed by atoms with Gasteiger partial charge in [-0.15, -0.1) is 0 Å². The molecule has 1 aliphatic heterocycles. The normalized spacial score (nSPS) is 25.5. The molecule has 2 N–H and O–H groups in total. The van der Waals surface area contributed by atoms with E-state index >= 15 is 0 Å². The van der Waals surface area contributed by atoms with Crippen LogP contribution in [-0.4, -0.2) is 64.4 Å². The average molecular weight is 415 g/mol. The molecule has 162 valence electrons. The van der Waals surface area contributed by atoms with Crippen molar-refractivity contribution in [2.75, 3.05) is 19.6 Å². The molecular weight excluding hydrogens is 383 g/mol. The minimum Gasteiger partial charge on any atom is -0.350 e. The van der Waals surface area contributed by atoms with Crippen molar-refractivity contribution >= 4 is 22.7 Å². The Morgan fingerprint density at radius 2 is 2.03 bits per heavy atom. The van der Waals surface area contributed by atoms with E-state index in [1.165, 1.54) is 6.07 Å². The van der Waals surface area contributed by atoms with Gasteiger partial charge in [0.05, 0.1) is 5.52 Å². The van der Waals surface area contributed by atoms with E-state index in [1.54, 1.807) is 19.1 Å². The van der Waals surface area contributed by atoms with E-state index in [-0.39, 0.29) is 23.7 Å². The number of amides is 2. The van der Waals surface area contributed by atoms with Crippen LogP contribution in [-0.2, 0) is 4.79 Å². The molecule has 1 saturated heterocycles. The van der Waals surface area contributed by atoms with Crippen LogP contribution in [0.15, 0.2) is 18.2 Å². The van der Waals surface area contributed by atoms with Crippen molar-refractivity contribution in [3.8, 4) is 0 Å². The van der Waals surface area contributed by atoms with Gasteiger partial charge in [0.1, 0.15) is 11.5 Å². The van der Waals surface area contributed by atoms with Gasteiger partial charge < -0.3 is 15.2 Å². The van der Waals surface area contributed by atoms with Gasteiger partial charge in [-0.25, -0.2) is 4.39 Å². The Hall–Kier alpha value is -2.41. The highest BCUT2D eigenvalue weighted by molar-refractivity contribution is 5.99. The SMILES string of the molecule is CC(=O)N1CCN([C@@H]2CCC[C@@H](NC(=O)c3cc4c(F)ccc(C)c4[nH]3)C2)C(C)C1. The Kier molecular flexibility index (Phi) is 5.82. The van der Waals surface area contributed by atoms with Gasteiger partial charge in [-0.3, -0.25) is 14.5 Å². The molecule has 6 nitrogen and oxygen atoms in total. The number of fused-ring (bicyclic) bond motifs is 1. The number of carbonyl (C=O) groups is 2. The van der Waals surface area contributed by atoms with Gasteiger partial charge in [-0.05, 0) is 57.2 Å². The number of nitrogens with one attached hydrogen (secondary N) is 2. The maximum Gasteiger partial charge on any atom is 0.267 e. The maximum atomic E-state index is 14.1. The first-order valence-electron chi connectivity index (χ1n) is 10.9. The molecule has 0 bridgehead atoms. The first-order valence-corrected chi connectivity index (χ1v) is 10.9. The quantitative estimate of drug-likeness (QED) is 0.810. The van der Waals surface area contributed by atoms with Crippen molar-refractivity contribution in [2.24, 2.45) is 0 Å². The summed E-state index contributed by atoms with van der Waals surface area (Å²) in [7, 11) is 0. The van der Waals surface area contributed by atoms with Crippen molar-refractivity contribution in [3.05, 3.63) is 35.3 Å². The lowest BCUT2D eigenvalue weighted by atomic mass is 9.88. The Bertz CT molecular complexity index is 917. The number of H-pyrrole nitrogens is 1. The third kappa shape index (κ3) is 4.08. The number of hydrogen-bond donors (Lipinski definition) is 2. The zero-order chi connectivity index (χ0) is 21.4. The van der Waals surface area contributed by atoms with Crippen LogP contribution in [0.2, 0.25) is 0 Å². The second kappa shape index (κ2) is 8.38. The van der Waals surface area contributed by atoms with Crippen LogP contribution in [0.5, 0.6) is 0 Å². The molecule has 30 heavy (non-hydrogen) atoms. The van der Waals surface area contributed by atoms with E-state index in [9.17, 15) is 14.0 Å². The van der Waals surface area contributed by atoms with Gasteiger partial charge in [0.15, 0.2) is 0 Å². The first kappa shape index (κ1) is 20.8. The predicted octanol–water partition coefficient (Wildman–Crippen LogP) is 3.21. The summed E-state index contributed by atoms with van der Waals surface area (Å²) < 4.78 is 14.1. The molecule has 0 spiro atoms. The van der Waals surface area contributed by atoms with E-state index in [4.69, 9.17) is 0 Å². The van der Waals surface area contributed by atoms with Gasteiger partial charge in [0.2, 0.25) is 5.91 Å². The van der Waals surface area contributed by atoms with Crippen LogP contribution in [0.4, 0.5) is 4.39 Å². The van der Waals surface area contributed by atoms with Crippen LogP contribution in [0.3, 0.4) is 0 Å². The number of nitrogens with zero attached hydrogens (tertiary/aromatic N) is 2. The van der Waals surface area contributed by atoms with Crippen LogP contribution in [0.1, 0.15) is 55.6 Å². The number of carbonyl (C=O) groups excluding carboxylic acids is 2. The molecule has 4 rings (SSSR count). The van der Waals surface area contributed by atoms with Crippen molar-refractivity contribution in [2.45, 2.75) is 64.6 Å². The molecule has 1 aromatic carbocycles. The lowest BCUT2D eigenvalue weighted by molar-refractivity contribution is -0.132. The average Bonchev–Trinajstić information content (AvgIpc) is 3.18. The zero-order valence-electron chi connectivity index (χ0n) is 18.0. The Balaban J connectivity index is 1.41. The second-order valence-electron chi connectivity index (χ2n) is 8.88.